The second-order valence-electron chi connectivity index (χ2n) is 5.10. The highest BCUT2D eigenvalue weighted by Gasteiger charge is 2.22. The van der Waals surface area contributed by atoms with Crippen LogP contribution < -0.4 is 5.56 Å². The van der Waals surface area contributed by atoms with E-state index in [0.29, 0.717) is 18.2 Å². The molecule has 0 saturated carbocycles. The van der Waals surface area contributed by atoms with Crippen molar-refractivity contribution in [1.82, 2.24) is 14.9 Å². The van der Waals surface area contributed by atoms with Gasteiger partial charge in [-0.05, 0) is 31.0 Å². The summed E-state index contributed by atoms with van der Waals surface area (Å²) in [6.07, 6.45) is 0.988. The lowest BCUT2D eigenvalue weighted by molar-refractivity contribution is 0.219. The van der Waals surface area contributed by atoms with Gasteiger partial charge in [0.05, 0.1) is 11.0 Å². The van der Waals surface area contributed by atoms with E-state index in [1.807, 2.05) is 24.3 Å². The van der Waals surface area contributed by atoms with Crippen LogP contribution in [-0.4, -0.2) is 39.7 Å². The van der Waals surface area contributed by atoms with Crippen molar-refractivity contribution in [3.63, 3.8) is 0 Å². The van der Waals surface area contributed by atoms with Gasteiger partial charge >= 0.3 is 0 Å². The summed E-state index contributed by atoms with van der Waals surface area (Å²) >= 11 is 0. The predicted octanol–water partition coefficient (Wildman–Crippen LogP) is 0.737. The molecule has 0 amide bonds. The Kier molecular flexibility index (Phi) is 3.31. The Morgan fingerprint density at radius 2 is 2.26 bits per heavy atom. The molecule has 1 saturated heterocycles. The number of likely N-dealkylation sites (tertiary alicyclic amines) is 1. The number of para-hydroxylation sites is 2. The van der Waals surface area contributed by atoms with E-state index in [-0.39, 0.29) is 12.2 Å². The monoisotopic (exact) mass is 259 g/mol. The summed E-state index contributed by atoms with van der Waals surface area (Å²) in [5.41, 5.74) is 2.02. The number of nitrogens with one attached hydrogen (secondary N) is 1. The number of fused-ring (bicyclic) bond motifs is 1. The number of aliphatic hydroxyl groups is 1. The minimum Gasteiger partial charge on any atom is -0.396 e. The third kappa shape index (κ3) is 2.52. The number of aliphatic hydroxyl groups excluding tert-OH is 1. The van der Waals surface area contributed by atoms with Crippen LogP contribution in [0.5, 0.6) is 0 Å². The lowest BCUT2D eigenvalue weighted by Gasteiger charge is -2.14. The van der Waals surface area contributed by atoms with Crippen molar-refractivity contribution >= 4 is 11.0 Å². The highest BCUT2D eigenvalue weighted by atomic mass is 16.3. The van der Waals surface area contributed by atoms with E-state index in [0.717, 1.165) is 30.5 Å². The number of benzene rings is 1. The standard InChI is InChI=1S/C14H17N3O2/c18-9-10-5-6-17(7-10)8-13-14(19)16-12-4-2-1-3-11(12)15-13/h1-4,10,18H,5-9H2,(H,16,19). The van der Waals surface area contributed by atoms with Crippen LogP contribution in [0.15, 0.2) is 29.1 Å². The summed E-state index contributed by atoms with van der Waals surface area (Å²) in [4.78, 5) is 21.5. The molecule has 0 radical (unpaired) electrons. The van der Waals surface area contributed by atoms with Gasteiger partial charge in [0.1, 0.15) is 5.69 Å². The maximum absolute atomic E-state index is 12.0. The summed E-state index contributed by atoms with van der Waals surface area (Å²) in [6.45, 7) is 2.53. The lowest BCUT2D eigenvalue weighted by Crippen LogP contribution is -2.26. The van der Waals surface area contributed by atoms with Gasteiger partial charge in [0.25, 0.3) is 5.56 Å². The molecule has 0 aliphatic carbocycles. The smallest absolute Gasteiger partial charge is 0.271 e. The predicted molar refractivity (Wildman–Crippen MR) is 72.8 cm³/mol. The van der Waals surface area contributed by atoms with Crippen LogP contribution >= 0.6 is 0 Å². The Morgan fingerprint density at radius 3 is 3.05 bits per heavy atom. The fourth-order valence-electron chi connectivity index (χ4n) is 2.59. The summed E-state index contributed by atoms with van der Waals surface area (Å²) in [5, 5.41) is 9.14. The van der Waals surface area contributed by atoms with E-state index < -0.39 is 0 Å². The molecule has 2 N–H and O–H groups in total. The molecule has 1 atom stereocenters. The van der Waals surface area contributed by atoms with Crippen molar-refractivity contribution in [3.8, 4) is 0 Å². The summed E-state index contributed by atoms with van der Waals surface area (Å²) in [5.74, 6) is 0.333. The zero-order valence-corrected chi connectivity index (χ0v) is 10.7. The number of aromatic amines is 1. The minimum absolute atomic E-state index is 0.119. The lowest BCUT2D eigenvalue weighted by atomic mass is 10.1. The van der Waals surface area contributed by atoms with Crippen LogP contribution in [0.4, 0.5) is 0 Å². The summed E-state index contributed by atoms with van der Waals surface area (Å²) in [7, 11) is 0. The molecule has 1 aliphatic rings. The van der Waals surface area contributed by atoms with Crippen LogP contribution in [0.2, 0.25) is 0 Å². The van der Waals surface area contributed by atoms with E-state index in [9.17, 15) is 4.79 Å². The van der Waals surface area contributed by atoms with Crippen molar-refractivity contribution in [2.24, 2.45) is 5.92 Å². The molecule has 1 aromatic heterocycles. The van der Waals surface area contributed by atoms with Gasteiger partial charge in [-0.2, -0.15) is 0 Å². The van der Waals surface area contributed by atoms with Crippen LogP contribution in [-0.2, 0) is 6.54 Å². The fourth-order valence-corrected chi connectivity index (χ4v) is 2.59. The van der Waals surface area contributed by atoms with Crippen LogP contribution in [0, 0.1) is 5.92 Å². The highest BCUT2D eigenvalue weighted by molar-refractivity contribution is 5.73. The van der Waals surface area contributed by atoms with Gasteiger partial charge in [0, 0.05) is 19.7 Å². The fraction of sp³-hybridized carbons (Fsp3) is 0.429. The quantitative estimate of drug-likeness (QED) is 0.853. The zero-order chi connectivity index (χ0) is 13.2. The maximum atomic E-state index is 12.0. The number of H-pyrrole nitrogens is 1. The first-order valence-corrected chi connectivity index (χ1v) is 6.57. The number of hydrogen-bond donors (Lipinski definition) is 2. The second kappa shape index (κ2) is 5.11. The van der Waals surface area contributed by atoms with Gasteiger partial charge in [-0.15, -0.1) is 0 Å². The molecule has 1 aromatic carbocycles. The Balaban J connectivity index is 1.85. The molecule has 1 fully saturated rings. The van der Waals surface area contributed by atoms with Crippen LogP contribution in [0.3, 0.4) is 0 Å². The molecule has 100 valence electrons. The normalized spacial score (nSPS) is 20.2. The first-order valence-electron chi connectivity index (χ1n) is 6.57. The molecule has 2 heterocycles. The molecule has 5 nitrogen and oxygen atoms in total. The van der Waals surface area contributed by atoms with Crippen molar-refractivity contribution in [2.45, 2.75) is 13.0 Å². The summed E-state index contributed by atoms with van der Waals surface area (Å²) < 4.78 is 0. The maximum Gasteiger partial charge on any atom is 0.271 e. The molecule has 1 unspecified atom stereocenters. The highest BCUT2D eigenvalue weighted by Crippen LogP contribution is 2.17. The number of rotatable bonds is 3. The summed E-state index contributed by atoms with van der Waals surface area (Å²) in [6, 6.07) is 7.54. The van der Waals surface area contributed by atoms with Gasteiger partial charge in [-0.25, -0.2) is 4.98 Å². The third-order valence-electron chi connectivity index (χ3n) is 3.67. The van der Waals surface area contributed by atoms with E-state index in [1.54, 1.807) is 0 Å². The molecule has 0 spiro atoms. The van der Waals surface area contributed by atoms with Gasteiger partial charge in [-0.3, -0.25) is 9.69 Å². The van der Waals surface area contributed by atoms with E-state index in [4.69, 9.17) is 5.11 Å². The molecule has 1 aliphatic heterocycles. The Morgan fingerprint density at radius 1 is 1.42 bits per heavy atom. The van der Waals surface area contributed by atoms with Crippen LogP contribution in [0.1, 0.15) is 12.1 Å². The van der Waals surface area contributed by atoms with Crippen molar-refractivity contribution in [3.05, 3.63) is 40.3 Å². The molecular weight excluding hydrogens is 242 g/mol. The molecule has 0 bridgehead atoms. The van der Waals surface area contributed by atoms with Gasteiger partial charge in [-0.1, -0.05) is 12.1 Å². The molecule has 2 aromatic rings. The van der Waals surface area contributed by atoms with Gasteiger partial charge in [0.2, 0.25) is 0 Å². The minimum atomic E-state index is -0.119. The Bertz CT molecular complexity index is 638. The van der Waals surface area contributed by atoms with Crippen molar-refractivity contribution in [1.29, 1.82) is 0 Å². The van der Waals surface area contributed by atoms with E-state index >= 15 is 0 Å². The van der Waals surface area contributed by atoms with E-state index in [2.05, 4.69) is 14.9 Å². The first-order chi connectivity index (χ1) is 9.26. The molecule has 3 rings (SSSR count). The van der Waals surface area contributed by atoms with Crippen LogP contribution in [0.25, 0.3) is 11.0 Å². The van der Waals surface area contributed by atoms with Gasteiger partial charge in [0.15, 0.2) is 0 Å². The van der Waals surface area contributed by atoms with Gasteiger partial charge < -0.3 is 10.1 Å². The Labute approximate surface area is 110 Å². The van der Waals surface area contributed by atoms with Crippen molar-refractivity contribution in [2.75, 3.05) is 19.7 Å². The average molecular weight is 259 g/mol. The third-order valence-corrected chi connectivity index (χ3v) is 3.67. The number of nitrogens with zero attached hydrogens (tertiary/aromatic N) is 2. The molecule has 5 heteroatoms. The largest absolute Gasteiger partial charge is 0.396 e. The molecular formula is C14H17N3O2. The van der Waals surface area contributed by atoms with Crippen molar-refractivity contribution < 1.29 is 5.11 Å². The van der Waals surface area contributed by atoms with E-state index in [1.165, 1.54) is 0 Å². The molecule has 19 heavy (non-hydrogen) atoms. The topological polar surface area (TPSA) is 69.2 Å². The Hall–Kier alpha value is -1.72. The number of aromatic nitrogens is 2. The second-order valence-corrected chi connectivity index (χ2v) is 5.10. The zero-order valence-electron chi connectivity index (χ0n) is 10.7. The first kappa shape index (κ1) is 12.3. The average Bonchev–Trinajstić information content (AvgIpc) is 2.87. The SMILES string of the molecule is O=c1[nH]c2ccccc2nc1CN1CCC(CO)C1. The number of hydrogen-bond acceptors (Lipinski definition) is 4.